The highest BCUT2D eigenvalue weighted by atomic mass is 35.5. The van der Waals surface area contributed by atoms with Crippen molar-refractivity contribution in [3.05, 3.63) is 40.5 Å². The second-order valence-electron chi connectivity index (χ2n) is 4.80. The minimum Gasteiger partial charge on any atom is -0.236 e. The zero-order valence-corrected chi connectivity index (χ0v) is 11.4. The molecule has 2 heteroatoms. The highest BCUT2D eigenvalue weighted by Gasteiger charge is 2.06. The minimum atomic E-state index is 0.546. The quantitative estimate of drug-likeness (QED) is 0.699. The summed E-state index contributed by atoms with van der Waals surface area (Å²) in [7, 11) is 0. The van der Waals surface area contributed by atoms with Gasteiger partial charge in [0.05, 0.1) is 5.52 Å². The van der Waals surface area contributed by atoms with E-state index in [2.05, 4.69) is 50.0 Å². The van der Waals surface area contributed by atoms with E-state index < -0.39 is 0 Å². The Morgan fingerprint density at radius 1 is 1.24 bits per heavy atom. The molecule has 0 spiro atoms. The number of fused-ring (bicyclic) bond motifs is 1. The normalized spacial score (nSPS) is 11.4. The minimum absolute atomic E-state index is 0.546. The summed E-state index contributed by atoms with van der Waals surface area (Å²) < 4.78 is 0. The third-order valence-electron chi connectivity index (χ3n) is 3.05. The molecule has 0 aliphatic carbocycles. The Balaban J connectivity index is 2.55. The first kappa shape index (κ1) is 12.4. The van der Waals surface area contributed by atoms with E-state index in [0.717, 1.165) is 23.9 Å². The van der Waals surface area contributed by atoms with Crippen molar-refractivity contribution < 1.29 is 0 Å². The zero-order valence-electron chi connectivity index (χ0n) is 10.6. The first-order chi connectivity index (χ1) is 8.11. The predicted octanol–water partition coefficient (Wildman–Crippen LogP) is 4.96. The summed E-state index contributed by atoms with van der Waals surface area (Å²) in [6.45, 7) is 6.57. The second kappa shape index (κ2) is 5.05. The van der Waals surface area contributed by atoms with Crippen molar-refractivity contribution in [2.75, 3.05) is 0 Å². The van der Waals surface area contributed by atoms with Gasteiger partial charge in [-0.25, -0.2) is 4.98 Å². The molecule has 0 radical (unpaired) electrons. The molecule has 0 saturated heterocycles. The van der Waals surface area contributed by atoms with Gasteiger partial charge in [-0.15, -0.1) is 0 Å². The number of nitrogens with zero attached hydrogens (tertiary/aromatic N) is 1. The molecule has 0 saturated carbocycles. The lowest BCUT2D eigenvalue weighted by molar-refractivity contribution is 0.868. The molecule has 0 unspecified atom stereocenters. The van der Waals surface area contributed by atoms with Gasteiger partial charge >= 0.3 is 0 Å². The molecule has 90 valence electrons. The van der Waals surface area contributed by atoms with Crippen LogP contribution in [0.15, 0.2) is 24.3 Å². The molecule has 1 nitrogen and oxygen atoms in total. The number of pyridine rings is 1. The Labute approximate surface area is 108 Å². The average molecular weight is 248 g/mol. The summed E-state index contributed by atoms with van der Waals surface area (Å²) in [5, 5.41) is 1.85. The number of hydrogen-bond donors (Lipinski definition) is 0. The first-order valence-corrected chi connectivity index (χ1v) is 6.58. The van der Waals surface area contributed by atoms with Gasteiger partial charge in [-0.2, -0.15) is 0 Å². The van der Waals surface area contributed by atoms with Gasteiger partial charge in [0.15, 0.2) is 0 Å². The Hall–Kier alpha value is -1.08. The van der Waals surface area contributed by atoms with Crippen LogP contribution in [0.1, 0.15) is 44.2 Å². The molecule has 2 aromatic rings. The van der Waals surface area contributed by atoms with Crippen molar-refractivity contribution in [1.82, 2.24) is 4.98 Å². The van der Waals surface area contributed by atoms with Crippen LogP contribution in [-0.2, 0) is 6.42 Å². The van der Waals surface area contributed by atoms with E-state index in [9.17, 15) is 0 Å². The third kappa shape index (κ3) is 2.61. The predicted molar refractivity (Wildman–Crippen MR) is 74.8 cm³/mol. The number of benzene rings is 1. The lowest BCUT2D eigenvalue weighted by atomic mass is 10.00. The number of hydrogen-bond acceptors (Lipinski definition) is 1. The Morgan fingerprint density at radius 2 is 2.00 bits per heavy atom. The highest BCUT2D eigenvalue weighted by molar-refractivity contribution is 6.30. The fourth-order valence-corrected chi connectivity index (χ4v) is 2.26. The molecule has 0 atom stereocenters. The van der Waals surface area contributed by atoms with Crippen LogP contribution in [0.4, 0.5) is 0 Å². The van der Waals surface area contributed by atoms with Crippen molar-refractivity contribution >= 4 is 22.5 Å². The van der Waals surface area contributed by atoms with Crippen LogP contribution >= 0.6 is 11.6 Å². The summed E-state index contributed by atoms with van der Waals surface area (Å²) >= 11 is 6.17. The number of aromatic nitrogens is 1. The van der Waals surface area contributed by atoms with Gasteiger partial charge in [0.1, 0.15) is 5.15 Å². The zero-order chi connectivity index (χ0) is 12.4. The van der Waals surface area contributed by atoms with E-state index in [1.807, 2.05) is 0 Å². The summed E-state index contributed by atoms with van der Waals surface area (Å²) in [4.78, 5) is 4.46. The van der Waals surface area contributed by atoms with Crippen LogP contribution in [0.2, 0.25) is 5.15 Å². The van der Waals surface area contributed by atoms with Gasteiger partial charge in [-0.1, -0.05) is 44.9 Å². The number of aryl methyl sites for hydroxylation is 1. The molecule has 0 aliphatic heterocycles. The van der Waals surface area contributed by atoms with E-state index in [4.69, 9.17) is 11.6 Å². The van der Waals surface area contributed by atoms with Crippen LogP contribution in [0.5, 0.6) is 0 Å². The van der Waals surface area contributed by atoms with Gasteiger partial charge in [-0.3, -0.25) is 0 Å². The van der Waals surface area contributed by atoms with Crippen LogP contribution < -0.4 is 0 Å². The monoisotopic (exact) mass is 247 g/mol. The molecule has 0 bridgehead atoms. The lowest BCUT2D eigenvalue weighted by Gasteiger charge is -2.09. The van der Waals surface area contributed by atoms with E-state index in [1.165, 1.54) is 10.9 Å². The maximum absolute atomic E-state index is 6.17. The van der Waals surface area contributed by atoms with Gasteiger partial charge in [-0.05, 0) is 41.7 Å². The molecule has 1 heterocycles. The third-order valence-corrected chi connectivity index (χ3v) is 3.38. The van der Waals surface area contributed by atoms with E-state index in [-0.39, 0.29) is 0 Å². The summed E-state index contributed by atoms with van der Waals surface area (Å²) in [5.74, 6) is 0.546. The molecule has 0 N–H and O–H groups in total. The number of halogens is 1. The average Bonchev–Trinajstić information content (AvgIpc) is 2.29. The van der Waals surface area contributed by atoms with E-state index in [0.29, 0.717) is 11.1 Å². The van der Waals surface area contributed by atoms with Gasteiger partial charge < -0.3 is 0 Å². The first-order valence-electron chi connectivity index (χ1n) is 6.21. The van der Waals surface area contributed by atoms with Crippen LogP contribution in [0, 0.1) is 0 Å². The van der Waals surface area contributed by atoms with Gasteiger partial charge in [0.2, 0.25) is 0 Å². The topological polar surface area (TPSA) is 12.9 Å². The van der Waals surface area contributed by atoms with Crippen molar-refractivity contribution in [1.29, 1.82) is 0 Å². The highest BCUT2D eigenvalue weighted by Crippen LogP contribution is 2.25. The van der Waals surface area contributed by atoms with Gasteiger partial charge in [0, 0.05) is 5.39 Å². The van der Waals surface area contributed by atoms with Crippen LogP contribution in [-0.4, -0.2) is 4.98 Å². The van der Waals surface area contributed by atoms with Crippen molar-refractivity contribution in [3.63, 3.8) is 0 Å². The lowest BCUT2D eigenvalue weighted by Crippen LogP contribution is -1.92. The maximum atomic E-state index is 6.17. The molecule has 1 aromatic carbocycles. The standard InChI is InChI=1S/C15H18ClN/c1-4-5-12-9-13-8-11(10(2)3)6-7-14(13)17-15(12)16/h6-10H,4-5H2,1-3H3. The Bertz CT molecular complexity index is 532. The molecular formula is C15H18ClN. The van der Waals surface area contributed by atoms with Gasteiger partial charge in [0.25, 0.3) is 0 Å². The molecule has 0 fully saturated rings. The van der Waals surface area contributed by atoms with Crippen LogP contribution in [0.25, 0.3) is 10.9 Å². The van der Waals surface area contributed by atoms with Crippen molar-refractivity contribution in [2.45, 2.75) is 39.5 Å². The van der Waals surface area contributed by atoms with E-state index >= 15 is 0 Å². The molecule has 2 rings (SSSR count). The number of rotatable bonds is 3. The fourth-order valence-electron chi connectivity index (χ4n) is 2.02. The van der Waals surface area contributed by atoms with Crippen LogP contribution in [0.3, 0.4) is 0 Å². The summed E-state index contributed by atoms with van der Waals surface area (Å²) in [6, 6.07) is 8.60. The van der Waals surface area contributed by atoms with Crippen molar-refractivity contribution in [2.24, 2.45) is 0 Å². The summed E-state index contributed by atoms with van der Waals surface area (Å²) in [6.07, 6.45) is 2.09. The Kier molecular flexibility index (Phi) is 3.68. The molecule has 0 amide bonds. The maximum Gasteiger partial charge on any atom is 0.132 e. The SMILES string of the molecule is CCCc1cc2cc(C(C)C)ccc2nc1Cl. The molecule has 17 heavy (non-hydrogen) atoms. The molecule has 1 aromatic heterocycles. The summed E-state index contributed by atoms with van der Waals surface area (Å²) in [5.41, 5.74) is 3.49. The smallest absolute Gasteiger partial charge is 0.132 e. The largest absolute Gasteiger partial charge is 0.236 e. The molecule has 0 aliphatic rings. The Morgan fingerprint density at radius 3 is 2.65 bits per heavy atom. The van der Waals surface area contributed by atoms with Crippen molar-refractivity contribution in [3.8, 4) is 0 Å². The molecular weight excluding hydrogens is 230 g/mol. The fraction of sp³-hybridized carbons (Fsp3) is 0.400. The second-order valence-corrected chi connectivity index (χ2v) is 5.15. The van der Waals surface area contributed by atoms with E-state index in [1.54, 1.807) is 0 Å².